The molecule has 1 fully saturated rings. The number of ether oxygens (including phenoxy) is 1. The minimum atomic E-state index is -3.43. The van der Waals surface area contributed by atoms with Crippen LogP contribution in [0.5, 0.6) is 0 Å². The van der Waals surface area contributed by atoms with Crippen LogP contribution in [0.2, 0.25) is 0 Å². The third kappa shape index (κ3) is 10.5. The molecule has 2 rings (SSSR count). The lowest BCUT2D eigenvalue weighted by Gasteiger charge is -2.28. The number of rotatable bonds is 15. The predicted octanol–water partition coefficient (Wildman–Crippen LogP) is 0.428. The van der Waals surface area contributed by atoms with Crippen molar-refractivity contribution in [2.45, 2.75) is 70.2 Å². The summed E-state index contributed by atoms with van der Waals surface area (Å²) in [5, 5.41) is 17.5. The summed E-state index contributed by atoms with van der Waals surface area (Å²) in [6, 6.07) is 6.55. The highest BCUT2D eigenvalue weighted by Gasteiger charge is 2.32. The third-order valence-electron chi connectivity index (χ3n) is 6.40. The van der Waals surface area contributed by atoms with Crippen LogP contribution in [0.1, 0.15) is 45.1 Å². The fourth-order valence-corrected chi connectivity index (χ4v) is 4.52. The highest BCUT2D eigenvalue weighted by atomic mass is 32.2. The summed E-state index contributed by atoms with van der Waals surface area (Å²) in [4.78, 5) is 49.0. The summed E-state index contributed by atoms with van der Waals surface area (Å²) < 4.78 is 29.0. The molecule has 1 aromatic carbocycles. The van der Waals surface area contributed by atoms with Crippen LogP contribution in [-0.4, -0.2) is 80.1 Å². The first-order chi connectivity index (χ1) is 17.4. The molecule has 1 unspecified atom stereocenters. The second kappa shape index (κ2) is 14.1. The van der Waals surface area contributed by atoms with Gasteiger partial charge in [0.25, 0.3) is 0 Å². The summed E-state index contributed by atoms with van der Waals surface area (Å²) in [7, 11) is -3.43. The largest absolute Gasteiger partial charge is 0.480 e. The van der Waals surface area contributed by atoms with Gasteiger partial charge in [-0.2, -0.15) is 0 Å². The van der Waals surface area contributed by atoms with Crippen LogP contribution >= 0.6 is 0 Å². The lowest BCUT2D eigenvalue weighted by molar-refractivity contribution is -0.144. The first kappa shape index (κ1) is 30.2. The van der Waals surface area contributed by atoms with E-state index in [1.807, 2.05) is 19.9 Å². The van der Waals surface area contributed by atoms with Gasteiger partial charge in [0.1, 0.15) is 28.0 Å². The molecule has 0 radical (unpaired) electrons. The Morgan fingerprint density at radius 3 is 2.41 bits per heavy atom. The van der Waals surface area contributed by atoms with Crippen molar-refractivity contribution in [2.24, 2.45) is 5.92 Å². The van der Waals surface area contributed by atoms with E-state index in [0.717, 1.165) is 11.8 Å². The van der Waals surface area contributed by atoms with Crippen LogP contribution < -0.4 is 16.0 Å². The van der Waals surface area contributed by atoms with Crippen molar-refractivity contribution >= 4 is 33.5 Å². The Bertz CT molecular complexity index is 1050. The van der Waals surface area contributed by atoms with E-state index < -0.39 is 51.7 Å². The highest BCUT2D eigenvalue weighted by Crippen LogP contribution is 2.14. The molecule has 11 nitrogen and oxygen atoms in total. The van der Waals surface area contributed by atoms with Gasteiger partial charge in [-0.25, -0.2) is 13.2 Å². The molecule has 3 amide bonds. The molecule has 206 valence electrons. The average molecular weight is 540 g/mol. The molecule has 0 bridgehead atoms. The van der Waals surface area contributed by atoms with Crippen LogP contribution in [0.25, 0.3) is 0 Å². The minimum Gasteiger partial charge on any atom is -0.480 e. The maximum atomic E-state index is 13.1. The maximum Gasteiger partial charge on any atom is 0.326 e. The van der Waals surface area contributed by atoms with Gasteiger partial charge >= 0.3 is 5.97 Å². The molecular weight excluding hydrogens is 502 g/mol. The van der Waals surface area contributed by atoms with Crippen molar-refractivity contribution < 1.29 is 37.4 Å². The van der Waals surface area contributed by atoms with E-state index in [9.17, 15) is 32.7 Å². The van der Waals surface area contributed by atoms with Gasteiger partial charge in [-0.3, -0.25) is 14.4 Å². The number of sulfone groups is 1. The highest BCUT2D eigenvalue weighted by molar-refractivity contribution is 7.90. The molecule has 5 atom stereocenters. The normalized spacial score (nSPS) is 18.8. The Hall–Kier alpha value is -2.99. The first-order valence-electron chi connectivity index (χ1n) is 12.4. The molecule has 4 N–H and O–H groups in total. The van der Waals surface area contributed by atoms with Crippen LogP contribution in [0.3, 0.4) is 0 Å². The zero-order valence-corrected chi connectivity index (χ0v) is 22.3. The quantitative estimate of drug-likeness (QED) is 0.249. The molecule has 1 aromatic rings. The molecule has 12 heteroatoms. The standard InChI is InChI=1S/C25H37N3O8S/c1-4-16(2)20(28-23(30)18-10-11-22(29)26-18)15-36-21(14-17-8-6-5-7-9-17)24(31)27-19(25(32)33)12-13-37(3,34)35/h5-9,16,18-21H,4,10-15H2,1-3H3,(H,26,29)(H,27,31)(H,28,30)(H,32,33)/t16-,18-,19-,20+,21?/m0/s1. The van der Waals surface area contributed by atoms with E-state index in [1.165, 1.54) is 0 Å². The van der Waals surface area contributed by atoms with E-state index in [4.69, 9.17) is 4.74 Å². The van der Waals surface area contributed by atoms with Gasteiger partial charge < -0.3 is 25.8 Å². The van der Waals surface area contributed by atoms with Gasteiger partial charge in [0.15, 0.2) is 0 Å². The topological polar surface area (TPSA) is 168 Å². The fraction of sp³-hybridized carbons (Fsp3) is 0.600. The van der Waals surface area contributed by atoms with Gasteiger partial charge in [0, 0.05) is 19.1 Å². The first-order valence-corrected chi connectivity index (χ1v) is 14.4. The van der Waals surface area contributed by atoms with Gasteiger partial charge in [0.05, 0.1) is 18.4 Å². The monoisotopic (exact) mass is 539 g/mol. The van der Waals surface area contributed by atoms with E-state index in [2.05, 4.69) is 16.0 Å². The molecule has 1 saturated heterocycles. The molecule has 1 heterocycles. The second-order valence-electron chi connectivity index (χ2n) is 9.49. The Kier molecular flexibility index (Phi) is 11.5. The van der Waals surface area contributed by atoms with Crippen LogP contribution in [0.4, 0.5) is 0 Å². The van der Waals surface area contributed by atoms with Gasteiger partial charge in [-0.1, -0.05) is 50.6 Å². The van der Waals surface area contributed by atoms with Crippen molar-refractivity contribution in [2.75, 3.05) is 18.6 Å². The third-order valence-corrected chi connectivity index (χ3v) is 7.37. The SMILES string of the molecule is CC[C@H](C)[C@@H](COC(Cc1ccccc1)C(=O)N[C@@H](CCS(C)(=O)=O)C(=O)O)NC(=O)[C@@H]1CCC(=O)N1. The summed E-state index contributed by atoms with van der Waals surface area (Å²) >= 11 is 0. The zero-order valence-electron chi connectivity index (χ0n) is 21.4. The Morgan fingerprint density at radius 1 is 1.19 bits per heavy atom. The number of benzene rings is 1. The summed E-state index contributed by atoms with van der Waals surface area (Å²) in [5.74, 6) is -2.95. The Balaban J connectivity index is 2.14. The van der Waals surface area contributed by atoms with Gasteiger partial charge in [-0.05, 0) is 24.3 Å². The van der Waals surface area contributed by atoms with E-state index >= 15 is 0 Å². The van der Waals surface area contributed by atoms with Crippen LogP contribution in [-0.2, 0) is 40.2 Å². The molecule has 0 aromatic heterocycles. The summed E-state index contributed by atoms with van der Waals surface area (Å²) in [6.45, 7) is 3.86. The number of carbonyl (C=O) groups is 4. The minimum absolute atomic E-state index is 0.0111. The molecule has 0 aliphatic carbocycles. The molecule has 1 aliphatic heterocycles. The predicted molar refractivity (Wildman–Crippen MR) is 136 cm³/mol. The van der Waals surface area contributed by atoms with Crippen molar-refractivity contribution in [3.63, 3.8) is 0 Å². The average Bonchev–Trinajstić information content (AvgIpc) is 3.28. The summed E-state index contributed by atoms with van der Waals surface area (Å²) in [5.41, 5.74) is 0.781. The number of carbonyl (C=O) groups excluding carboxylic acids is 3. The smallest absolute Gasteiger partial charge is 0.326 e. The number of carboxylic acid groups (broad SMARTS) is 1. The van der Waals surface area contributed by atoms with E-state index in [0.29, 0.717) is 12.8 Å². The van der Waals surface area contributed by atoms with Crippen molar-refractivity contribution in [1.82, 2.24) is 16.0 Å². The summed E-state index contributed by atoms with van der Waals surface area (Å²) in [6.07, 6.45) is 1.18. The number of hydrogen-bond acceptors (Lipinski definition) is 7. The lowest BCUT2D eigenvalue weighted by Crippen LogP contribution is -2.51. The van der Waals surface area contributed by atoms with Gasteiger partial charge in [-0.15, -0.1) is 0 Å². The second-order valence-corrected chi connectivity index (χ2v) is 11.7. The molecule has 0 spiro atoms. The Morgan fingerprint density at radius 2 is 1.86 bits per heavy atom. The molecule has 1 aliphatic rings. The maximum absolute atomic E-state index is 13.1. The number of amides is 3. The lowest BCUT2D eigenvalue weighted by atomic mass is 9.99. The number of nitrogens with one attached hydrogen (secondary N) is 3. The molecule has 0 saturated carbocycles. The number of carboxylic acids is 1. The van der Waals surface area contributed by atoms with Crippen LogP contribution in [0, 0.1) is 5.92 Å². The van der Waals surface area contributed by atoms with Crippen molar-refractivity contribution in [3.8, 4) is 0 Å². The van der Waals surface area contributed by atoms with Crippen molar-refractivity contribution in [3.05, 3.63) is 35.9 Å². The molecular formula is C25H37N3O8S. The molecule has 37 heavy (non-hydrogen) atoms. The van der Waals surface area contributed by atoms with Gasteiger partial charge in [0.2, 0.25) is 17.7 Å². The van der Waals surface area contributed by atoms with E-state index in [1.54, 1.807) is 24.3 Å². The Labute approximate surface area is 217 Å². The number of aliphatic carboxylic acids is 1. The van der Waals surface area contributed by atoms with E-state index in [-0.39, 0.29) is 43.6 Å². The van der Waals surface area contributed by atoms with Crippen LogP contribution in [0.15, 0.2) is 30.3 Å². The number of hydrogen-bond donors (Lipinski definition) is 4. The fourth-order valence-electron chi connectivity index (χ4n) is 3.86. The van der Waals surface area contributed by atoms with Crippen molar-refractivity contribution in [1.29, 1.82) is 0 Å². The zero-order chi connectivity index (χ0) is 27.6.